The predicted octanol–water partition coefficient (Wildman–Crippen LogP) is 4.21. The van der Waals surface area contributed by atoms with Gasteiger partial charge >= 0.3 is 0 Å². The van der Waals surface area contributed by atoms with Crippen molar-refractivity contribution < 1.29 is 24.4 Å². The smallest absolute Gasteiger partial charge is 0.295 e. The number of carbonyl (C=O) groups is 2. The molecule has 1 heterocycles. The third-order valence-electron chi connectivity index (χ3n) is 4.88. The molecular formula is C23H24N2O6. The molecule has 1 fully saturated rings. The lowest BCUT2D eigenvalue weighted by atomic mass is 9.95. The number of hydrogen-bond donors (Lipinski definition) is 1. The van der Waals surface area contributed by atoms with E-state index in [1.807, 2.05) is 20.8 Å². The summed E-state index contributed by atoms with van der Waals surface area (Å²) in [4.78, 5) is 37.6. The van der Waals surface area contributed by atoms with Gasteiger partial charge in [-0.2, -0.15) is 0 Å². The van der Waals surface area contributed by atoms with Crippen molar-refractivity contribution in [3.8, 4) is 5.75 Å². The molecule has 1 amide bonds. The van der Waals surface area contributed by atoms with Gasteiger partial charge in [-0.05, 0) is 38.0 Å². The van der Waals surface area contributed by atoms with Gasteiger partial charge in [0, 0.05) is 24.2 Å². The van der Waals surface area contributed by atoms with Crippen molar-refractivity contribution in [1.29, 1.82) is 0 Å². The maximum atomic E-state index is 12.9. The van der Waals surface area contributed by atoms with Gasteiger partial charge in [0.25, 0.3) is 17.4 Å². The van der Waals surface area contributed by atoms with Crippen molar-refractivity contribution in [2.45, 2.75) is 39.3 Å². The number of benzene rings is 2. The molecule has 0 aromatic heterocycles. The van der Waals surface area contributed by atoms with Gasteiger partial charge in [0.2, 0.25) is 0 Å². The summed E-state index contributed by atoms with van der Waals surface area (Å²) in [5.41, 5.74) is 0.387. The Morgan fingerprint density at radius 3 is 2.55 bits per heavy atom. The largest absolute Gasteiger partial charge is 0.507 e. The first-order valence-corrected chi connectivity index (χ1v) is 10.0. The van der Waals surface area contributed by atoms with Crippen LogP contribution < -0.4 is 4.74 Å². The number of ketones is 1. The van der Waals surface area contributed by atoms with Gasteiger partial charge in [-0.1, -0.05) is 31.2 Å². The van der Waals surface area contributed by atoms with E-state index in [2.05, 4.69) is 0 Å². The maximum absolute atomic E-state index is 12.9. The first kappa shape index (κ1) is 22.0. The minimum atomic E-state index is -0.824. The van der Waals surface area contributed by atoms with E-state index < -0.39 is 28.4 Å². The molecule has 1 N–H and O–H groups in total. The highest BCUT2D eigenvalue weighted by Gasteiger charge is 2.45. The average Bonchev–Trinajstić information content (AvgIpc) is 2.98. The Morgan fingerprint density at radius 1 is 1.19 bits per heavy atom. The summed E-state index contributed by atoms with van der Waals surface area (Å²) in [7, 11) is 0. The topological polar surface area (TPSA) is 110 Å². The van der Waals surface area contributed by atoms with Crippen molar-refractivity contribution in [3.05, 3.63) is 75.3 Å². The molecule has 1 saturated heterocycles. The summed E-state index contributed by atoms with van der Waals surface area (Å²) in [6.07, 6.45) is 0.546. The number of nitro groups is 1. The van der Waals surface area contributed by atoms with Gasteiger partial charge in [-0.15, -0.1) is 0 Å². The SMILES string of the molecule is CCCN1C(=O)C(=O)/C(=C(\O)c2cccc([N+](=O)[O-])c2)C1c1cccc(OC(C)C)c1. The quantitative estimate of drug-likeness (QED) is 0.234. The van der Waals surface area contributed by atoms with Crippen LogP contribution in [-0.2, 0) is 9.59 Å². The number of aliphatic hydroxyl groups excluding tert-OH is 1. The summed E-state index contributed by atoms with van der Waals surface area (Å²) in [5.74, 6) is -1.41. The molecule has 0 spiro atoms. The van der Waals surface area contributed by atoms with E-state index in [1.165, 1.54) is 29.2 Å². The molecule has 2 aromatic carbocycles. The Morgan fingerprint density at radius 2 is 1.90 bits per heavy atom. The second kappa shape index (κ2) is 8.99. The standard InChI is InChI=1S/C23H24N2O6/c1-4-11-24-20(15-7-6-10-18(13-15)31-14(2)3)19(22(27)23(24)28)21(26)16-8-5-9-17(12-16)25(29)30/h5-10,12-14,20,26H,4,11H2,1-3H3/b21-19-. The summed E-state index contributed by atoms with van der Waals surface area (Å²) in [5, 5.41) is 22.1. The number of aliphatic hydroxyl groups is 1. The van der Waals surface area contributed by atoms with Gasteiger partial charge in [-0.3, -0.25) is 19.7 Å². The van der Waals surface area contributed by atoms with E-state index in [9.17, 15) is 24.8 Å². The molecule has 1 unspecified atom stereocenters. The van der Waals surface area contributed by atoms with Crippen LogP contribution in [0, 0.1) is 10.1 Å². The van der Waals surface area contributed by atoms with Crippen LogP contribution in [0.2, 0.25) is 0 Å². The minimum Gasteiger partial charge on any atom is -0.507 e. The second-order valence-corrected chi connectivity index (χ2v) is 7.54. The summed E-state index contributed by atoms with van der Waals surface area (Å²) >= 11 is 0. The zero-order valence-electron chi connectivity index (χ0n) is 17.6. The molecule has 0 bridgehead atoms. The molecule has 31 heavy (non-hydrogen) atoms. The highest BCUT2D eigenvalue weighted by Crippen LogP contribution is 2.40. The fourth-order valence-electron chi connectivity index (χ4n) is 3.65. The number of nitro benzene ring substituents is 1. The third kappa shape index (κ3) is 4.42. The molecule has 1 aliphatic rings. The zero-order chi connectivity index (χ0) is 22.7. The van der Waals surface area contributed by atoms with Crippen LogP contribution >= 0.6 is 0 Å². The fraction of sp³-hybridized carbons (Fsp3) is 0.304. The Hall–Kier alpha value is -3.68. The Kier molecular flexibility index (Phi) is 6.39. The number of nitrogens with zero attached hydrogens (tertiary/aromatic N) is 2. The van der Waals surface area contributed by atoms with E-state index in [1.54, 1.807) is 24.3 Å². The Bertz CT molecular complexity index is 1060. The van der Waals surface area contributed by atoms with Crippen LogP contribution in [0.4, 0.5) is 5.69 Å². The highest BCUT2D eigenvalue weighted by molar-refractivity contribution is 6.46. The van der Waals surface area contributed by atoms with Crippen LogP contribution in [-0.4, -0.2) is 39.3 Å². The summed E-state index contributed by atoms with van der Waals surface area (Å²) in [6, 6.07) is 11.5. The number of non-ortho nitro benzene ring substituents is 1. The van der Waals surface area contributed by atoms with Gasteiger partial charge in [-0.25, -0.2) is 0 Å². The maximum Gasteiger partial charge on any atom is 0.295 e. The van der Waals surface area contributed by atoms with E-state index in [0.29, 0.717) is 24.3 Å². The molecule has 0 aliphatic carbocycles. The molecule has 1 atom stereocenters. The monoisotopic (exact) mass is 424 g/mol. The van der Waals surface area contributed by atoms with E-state index in [0.717, 1.165) is 0 Å². The van der Waals surface area contributed by atoms with Crippen LogP contribution in [0.1, 0.15) is 44.4 Å². The third-order valence-corrected chi connectivity index (χ3v) is 4.88. The number of carbonyl (C=O) groups excluding carboxylic acids is 2. The first-order valence-electron chi connectivity index (χ1n) is 10.0. The van der Waals surface area contributed by atoms with Crippen molar-refractivity contribution >= 4 is 23.1 Å². The van der Waals surface area contributed by atoms with Crippen molar-refractivity contribution in [2.75, 3.05) is 6.54 Å². The predicted molar refractivity (Wildman–Crippen MR) is 115 cm³/mol. The Labute approximate surface area is 179 Å². The van der Waals surface area contributed by atoms with E-state index in [-0.39, 0.29) is 22.9 Å². The van der Waals surface area contributed by atoms with Gasteiger partial charge in [0.15, 0.2) is 0 Å². The molecule has 3 rings (SSSR count). The minimum absolute atomic E-state index is 0.0675. The van der Waals surface area contributed by atoms with Crippen molar-refractivity contribution in [3.63, 3.8) is 0 Å². The van der Waals surface area contributed by atoms with Gasteiger partial charge < -0.3 is 14.7 Å². The van der Waals surface area contributed by atoms with Gasteiger partial charge in [0.05, 0.1) is 22.6 Å². The molecule has 8 nitrogen and oxygen atoms in total. The van der Waals surface area contributed by atoms with Crippen LogP contribution in [0.5, 0.6) is 5.75 Å². The number of rotatable bonds is 7. The molecular weight excluding hydrogens is 400 g/mol. The molecule has 0 radical (unpaired) electrons. The van der Waals surface area contributed by atoms with Crippen molar-refractivity contribution in [2.24, 2.45) is 0 Å². The average molecular weight is 424 g/mol. The lowest BCUT2D eigenvalue weighted by Gasteiger charge is -2.25. The molecule has 0 saturated carbocycles. The lowest BCUT2D eigenvalue weighted by molar-refractivity contribution is -0.384. The van der Waals surface area contributed by atoms with Gasteiger partial charge in [0.1, 0.15) is 11.5 Å². The lowest BCUT2D eigenvalue weighted by Crippen LogP contribution is -2.30. The zero-order valence-corrected chi connectivity index (χ0v) is 17.6. The van der Waals surface area contributed by atoms with Crippen LogP contribution in [0.3, 0.4) is 0 Å². The first-order chi connectivity index (χ1) is 14.7. The highest BCUT2D eigenvalue weighted by atomic mass is 16.6. The number of Topliss-reactive ketones (excluding diaryl/α,β-unsaturated/α-hetero) is 1. The summed E-state index contributed by atoms with van der Waals surface area (Å²) in [6.45, 7) is 5.97. The molecule has 1 aliphatic heterocycles. The Balaban J connectivity index is 2.18. The fourth-order valence-corrected chi connectivity index (χ4v) is 3.65. The summed E-state index contributed by atoms with van der Waals surface area (Å²) < 4.78 is 5.74. The van der Waals surface area contributed by atoms with Crippen molar-refractivity contribution in [1.82, 2.24) is 4.90 Å². The number of amides is 1. The molecule has 162 valence electrons. The number of ether oxygens (including phenoxy) is 1. The van der Waals surface area contributed by atoms with E-state index in [4.69, 9.17) is 4.74 Å². The molecule has 8 heteroatoms. The molecule has 2 aromatic rings. The number of likely N-dealkylation sites (tertiary alicyclic amines) is 1. The van der Waals surface area contributed by atoms with Crippen LogP contribution in [0.25, 0.3) is 5.76 Å². The van der Waals surface area contributed by atoms with Crippen LogP contribution in [0.15, 0.2) is 54.1 Å². The number of hydrogen-bond acceptors (Lipinski definition) is 6. The second-order valence-electron chi connectivity index (χ2n) is 7.54. The van der Waals surface area contributed by atoms with E-state index >= 15 is 0 Å². The normalized spacial score (nSPS) is 17.9.